The zero-order valence-electron chi connectivity index (χ0n) is 13.0. The first kappa shape index (κ1) is 15.7. The highest BCUT2D eigenvalue weighted by Crippen LogP contribution is 2.34. The van der Waals surface area contributed by atoms with Gasteiger partial charge in [0.05, 0.1) is 0 Å². The molecule has 1 saturated heterocycles. The van der Waals surface area contributed by atoms with Gasteiger partial charge in [0.25, 0.3) is 0 Å². The summed E-state index contributed by atoms with van der Waals surface area (Å²) in [6, 6.07) is 6.47. The SMILES string of the molecule is CCC(N)Cc1cc(Cl)ccc1N1CCC(C)(C)CC1. The third-order valence-corrected chi connectivity index (χ3v) is 4.74. The summed E-state index contributed by atoms with van der Waals surface area (Å²) in [7, 11) is 0. The molecular weight excluding hydrogens is 268 g/mol. The zero-order valence-corrected chi connectivity index (χ0v) is 13.7. The predicted molar refractivity (Wildman–Crippen MR) is 88.7 cm³/mol. The summed E-state index contributed by atoms with van der Waals surface area (Å²) in [6.07, 6.45) is 4.40. The van der Waals surface area contributed by atoms with Crippen molar-refractivity contribution in [2.75, 3.05) is 18.0 Å². The molecule has 1 heterocycles. The molecule has 0 radical (unpaired) electrons. The molecule has 1 aliphatic rings. The lowest BCUT2D eigenvalue weighted by molar-refractivity contribution is 0.279. The lowest BCUT2D eigenvalue weighted by Crippen LogP contribution is -2.38. The second-order valence-electron chi connectivity index (χ2n) is 6.80. The van der Waals surface area contributed by atoms with E-state index in [1.165, 1.54) is 24.1 Å². The maximum absolute atomic E-state index is 6.17. The van der Waals surface area contributed by atoms with Crippen LogP contribution in [0.25, 0.3) is 0 Å². The van der Waals surface area contributed by atoms with Gasteiger partial charge < -0.3 is 10.6 Å². The van der Waals surface area contributed by atoms with Gasteiger partial charge in [-0.25, -0.2) is 0 Å². The van der Waals surface area contributed by atoms with Crippen molar-refractivity contribution in [3.63, 3.8) is 0 Å². The molecule has 20 heavy (non-hydrogen) atoms. The number of rotatable bonds is 4. The van der Waals surface area contributed by atoms with E-state index in [0.717, 1.165) is 31.0 Å². The molecule has 2 nitrogen and oxygen atoms in total. The van der Waals surface area contributed by atoms with Gasteiger partial charge in [-0.3, -0.25) is 0 Å². The van der Waals surface area contributed by atoms with Gasteiger partial charge in [0, 0.05) is 29.8 Å². The fourth-order valence-corrected chi connectivity index (χ4v) is 3.00. The third kappa shape index (κ3) is 3.89. The Morgan fingerprint density at radius 1 is 1.30 bits per heavy atom. The molecule has 112 valence electrons. The first-order valence-electron chi connectivity index (χ1n) is 7.70. The van der Waals surface area contributed by atoms with Crippen LogP contribution in [0.15, 0.2) is 18.2 Å². The quantitative estimate of drug-likeness (QED) is 0.899. The van der Waals surface area contributed by atoms with Crippen LogP contribution in [0.5, 0.6) is 0 Å². The van der Waals surface area contributed by atoms with Gasteiger partial charge in [-0.05, 0) is 54.9 Å². The van der Waals surface area contributed by atoms with E-state index in [-0.39, 0.29) is 6.04 Å². The molecule has 0 aromatic heterocycles. The van der Waals surface area contributed by atoms with Crippen LogP contribution in [0, 0.1) is 5.41 Å². The Balaban J connectivity index is 2.18. The lowest BCUT2D eigenvalue weighted by Gasteiger charge is -2.39. The number of hydrogen-bond acceptors (Lipinski definition) is 2. The smallest absolute Gasteiger partial charge is 0.0410 e. The minimum atomic E-state index is 0.216. The topological polar surface area (TPSA) is 29.3 Å². The molecular formula is C17H27ClN2. The van der Waals surface area contributed by atoms with Crippen molar-refractivity contribution in [1.29, 1.82) is 0 Å². The van der Waals surface area contributed by atoms with E-state index in [1.807, 2.05) is 6.07 Å². The number of hydrogen-bond donors (Lipinski definition) is 1. The Kier molecular flexibility index (Phi) is 4.98. The van der Waals surface area contributed by atoms with Crippen molar-refractivity contribution in [3.05, 3.63) is 28.8 Å². The van der Waals surface area contributed by atoms with Gasteiger partial charge in [-0.15, -0.1) is 0 Å². The highest BCUT2D eigenvalue weighted by atomic mass is 35.5. The van der Waals surface area contributed by atoms with Crippen LogP contribution >= 0.6 is 11.6 Å². The summed E-state index contributed by atoms with van der Waals surface area (Å²) in [5.41, 5.74) is 9.24. The van der Waals surface area contributed by atoms with Gasteiger partial charge in [-0.2, -0.15) is 0 Å². The van der Waals surface area contributed by atoms with E-state index in [0.29, 0.717) is 5.41 Å². The van der Waals surface area contributed by atoms with Crippen LogP contribution in [0.2, 0.25) is 5.02 Å². The Morgan fingerprint density at radius 2 is 1.95 bits per heavy atom. The fourth-order valence-electron chi connectivity index (χ4n) is 2.81. The van der Waals surface area contributed by atoms with Crippen LogP contribution < -0.4 is 10.6 Å². The molecule has 3 heteroatoms. The predicted octanol–water partition coefficient (Wildman–Crippen LogP) is 4.25. The fraction of sp³-hybridized carbons (Fsp3) is 0.647. The molecule has 1 aromatic carbocycles. The van der Waals surface area contributed by atoms with Crippen LogP contribution in [0.3, 0.4) is 0 Å². The molecule has 1 aromatic rings. The third-order valence-electron chi connectivity index (χ3n) is 4.51. The first-order valence-corrected chi connectivity index (χ1v) is 8.08. The highest BCUT2D eigenvalue weighted by Gasteiger charge is 2.26. The molecule has 1 fully saturated rings. The number of benzene rings is 1. The summed E-state index contributed by atoms with van der Waals surface area (Å²) in [6.45, 7) is 9.12. The normalized spacial score (nSPS) is 19.9. The van der Waals surface area contributed by atoms with Crippen molar-refractivity contribution in [3.8, 4) is 0 Å². The Morgan fingerprint density at radius 3 is 2.55 bits per heavy atom. The van der Waals surface area contributed by atoms with E-state index in [9.17, 15) is 0 Å². The van der Waals surface area contributed by atoms with Crippen molar-refractivity contribution >= 4 is 17.3 Å². The zero-order chi connectivity index (χ0) is 14.8. The van der Waals surface area contributed by atoms with Crippen LogP contribution in [-0.2, 0) is 6.42 Å². The van der Waals surface area contributed by atoms with E-state index >= 15 is 0 Å². The van der Waals surface area contributed by atoms with Crippen LogP contribution in [-0.4, -0.2) is 19.1 Å². The maximum Gasteiger partial charge on any atom is 0.0410 e. The molecule has 0 bridgehead atoms. The largest absolute Gasteiger partial charge is 0.371 e. The number of anilines is 1. The first-order chi connectivity index (χ1) is 9.41. The molecule has 1 aliphatic heterocycles. The van der Waals surface area contributed by atoms with Gasteiger partial charge in [0.15, 0.2) is 0 Å². The van der Waals surface area contributed by atoms with E-state index < -0.39 is 0 Å². The minimum Gasteiger partial charge on any atom is -0.371 e. The number of halogens is 1. The second kappa shape index (κ2) is 6.36. The summed E-state index contributed by atoms with van der Waals surface area (Å²) < 4.78 is 0. The molecule has 0 saturated carbocycles. The van der Waals surface area contributed by atoms with Gasteiger partial charge in [0.1, 0.15) is 0 Å². The minimum absolute atomic E-state index is 0.216. The van der Waals surface area contributed by atoms with Crippen LogP contribution in [0.1, 0.15) is 45.6 Å². The second-order valence-corrected chi connectivity index (χ2v) is 7.23. The highest BCUT2D eigenvalue weighted by molar-refractivity contribution is 6.30. The van der Waals surface area contributed by atoms with Gasteiger partial charge in [-0.1, -0.05) is 32.4 Å². The van der Waals surface area contributed by atoms with Crippen molar-refractivity contribution < 1.29 is 0 Å². The molecule has 0 spiro atoms. The van der Waals surface area contributed by atoms with Gasteiger partial charge in [0.2, 0.25) is 0 Å². The van der Waals surface area contributed by atoms with Crippen molar-refractivity contribution in [2.45, 2.75) is 52.5 Å². The maximum atomic E-state index is 6.17. The number of piperidine rings is 1. The summed E-state index contributed by atoms with van der Waals surface area (Å²) in [5.74, 6) is 0. The van der Waals surface area contributed by atoms with E-state index in [4.69, 9.17) is 17.3 Å². The molecule has 0 amide bonds. The molecule has 1 unspecified atom stereocenters. The van der Waals surface area contributed by atoms with Gasteiger partial charge >= 0.3 is 0 Å². The van der Waals surface area contributed by atoms with E-state index in [2.05, 4.69) is 37.8 Å². The molecule has 1 atom stereocenters. The standard InChI is InChI=1S/C17H27ClN2/c1-4-15(19)12-13-11-14(18)5-6-16(13)20-9-7-17(2,3)8-10-20/h5-6,11,15H,4,7-10,12,19H2,1-3H3. The Labute approximate surface area is 128 Å². The summed E-state index contributed by atoms with van der Waals surface area (Å²) in [4.78, 5) is 2.50. The summed E-state index contributed by atoms with van der Waals surface area (Å²) in [5, 5.41) is 0.810. The Bertz CT molecular complexity index is 446. The molecule has 2 N–H and O–H groups in total. The average Bonchev–Trinajstić information content (AvgIpc) is 2.39. The van der Waals surface area contributed by atoms with Crippen LogP contribution in [0.4, 0.5) is 5.69 Å². The molecule has 2 rings (SSSR count). The monoisotopic (exact) mass is 294 g/mol. The van der Waals surface area contributed by atoms with E-state index in [1.54, 1.807) is 0 Å². The Hall–Kier alpha value is -0.730. The average molecular weight is 295 g/mol. The number of nitrogens with zero attached hydrogens (tertiary/aromatic N) is 1. The lowest BCUT2D eigenvalue weighted by atomic mass is 9.82. The van der Waals surface area contributed by atoms with Crippen molar-refractivity contribution in [1.82, 2.24) is 0 Å². The number of nitrogens with two attached hydrogens (primary N) is 1. The molecule has 0 aliphatic carbocycles. The summed E-state index contributed by atoms with van der Waals surface area (Å²) >= 11 is 6.17. The van der Waals surface area contributed by atoms with Crippen molar-refractivity contribution in [2.24, 2.45) is 11.1 Å².